The standard InChI is InChI=1S/C10H20O3.C9H18O3.C8H16O2.C7H14O2/c1-4-11-5-6-12-7-8-13-9-10(2)3;1-9(2)8-12-7-6-11-5-4-10-3;1-4-9-5-6-10-7-8(2)3;1-7(2)6-9-5-4-8-3/h2,4-9H2,1,3H3;1,4-8H2,2-3H3;2,4-7H2,1,3H3;1,4-6H2,2-3H3. The summed E-state index contributed by atoms with van der Waals surface area (Å²) >= 11 is 0. The van der Waals surface area contributed by atoms with Gasteiger partial charge in [0.1, 0.15) is 0 Å². The van der Waals surface area contributed by atoms with Crippen molar-refractivity contribution < 1.29 is 47.4 Å². The summed E-state index contributed by atoms with van der Waals surface area (Å²) in [5.74, 6) is 0. The molecule has 0 amide bonds. The van der Waals surface area contributed by atoms with Crippen molar-refractivity contribution in [3.05, 3.63) is 48.6 Å². The predicted molar refractivity (Wildman–Crippen MR) is 181 cm³/mol. The van der Waals surface area contributed by atoms with Crippen LogP contribution in [0.15, 0.2) is 48.6 Å². The highest BCUT2D eigenvalue weighted by Crippen LogP contribution is 1.90. The van der Waals surface area contributed by atoms with Crippen LogP contribution in [-0.2, 0) is 47.4 Å². The molecule has 0 rings (SSSR count). The fourth-order valence-corrected chi connectivity index (χ4v) is 2.23. The summed E-state index contributed by atoms with van der Waals surface area (Å²) in [5, 5.41) is 0. The second-order valence-electron chi connectivity index (χ2n) is 9.64. The summed E-state index contributed by atoms with van der Waals surface area (Å²) in [7, 11) is 3.31. The van der Waals surface area contributed by atoms with Crippen molar-refractivity contribution in [1.29, 1.82) is 0 Å². The van der Waals surface area contributed by atoms with Gasteiger partial charge in [-0.2, -0.15) is 0 Å². The van der Waals surface area contributed by atoms with Crippen LogP contribution in [0.4, 0.5) is 0 Å². The molecule has 0 saturated heterocycles. The van der Waals surface area contributed by atoms with E-state index in [4.69, 9.17) is 47.4 Å². The van der Waals surface area contributed by atoms with E-state index in [9.17, 15) is 0 Å². The van der Waals surface area contributed by atoms with Crippen molar-refractivity contribution >= 4 is 0 Å². The van der Waals surface area contributed by atoms with Gasteiger partial charge < -0.3 is 47.4 Å². The zero-order chi connectivity index (χ0) is 34.1. The van der Waals surface area contributed by atoms with E-state index in [1.165, 1.54) is 0 Å². The third-order valence-electron chi connectivity index (χ3n) is 4.15. The molecule has 0 heterocycles. The second-order valence-corrected chi connectivity index (χ2v) is 9.64. The molecule has 264 valence electrons. The second kappa shape index (κ2) is 46.0. The fraction of sp³-hybridized carbons (Fsp3) is 0.765. The topological polar surface area (TPSA) is 92.3 Å². The van der Waals surface area contributed by atoms with E-state index < -0.39 is 0 Å². The van der Waals surface area contributed by atoms with Crippen molar-refractivity contribution in [3.8, 4) is 0 Å². The first-order valence-corrected chi connectivity index (χ1v) is 15.3. The van der Waals surface area contributed by atoms with Gasteiger partial charge >= 0.3 is 0 Å². The average molecular weight is 637 g/mol. The zero-order valence-corrected chi connectivity index (χ0v) is 29.6. The van der Waals surface area contributed by atoms with Crippen molar-refractivity contribution in [3.63, 3.8) is 0 Å². The molecule has 0 aromatic heterocycles. The Morgan fingerprint density at radius 3 is 0.773 bits per heavy atom. The third kappa shape index (κ3) is 68.0. The molecule has 10 heteroatoms. The largest absolute Gasteiger partial charge is 0.382 e. The molecule has 0 aliphatic rings. The van der Waals surface area contributed by atoms with Crippen LogP contribution in [0.1, 0.15) is 41.5 Å². The number of hydrogen-bond donors (Lipinski definition) is 0. The minimum absolute atomic E-state index is 0.619. The first-order chi connectivity index (χ1) is 21.1. The normalized spacial score (nSPS) is 10.0. The van der Waals surface area contributed by atoms with Crippen LogP contribution in [0.25, 0.3) is 0 Å². The molecule has 0 spiro atoms. The van der Waals surface area contributed by atoms with E-state index in [1.54, 1.807) is 14.2 Å². The lowest BCUT2D eigenvalue weighted by Crippen LogP contribution is -2.09. The van der Waals surface area contributed by atoms with Gasteiger partial charge in [-0.15, -0.1) is 0 Å². The van der Waals surface area contributed by atoms with Crippen molar-refractivity contribution in [2.75, 3.05) is 133 Å². The molecule has 0 aliphatic carbocycles. The molecule has 0 aromatic carbocycles. The fourth-order valence-electron chi connectivity index (χ4n) is 2.23. The first-order valence-electron chi connectivity index (χ1n) is 15.3. The molecule has 0 radical (unpaired) electrons. The lowest BCUT2D eigenvalue weighted by Gasteiger charge is -2.05. The van der Waals surface area contributed by atoms with Crippen LogP contribution < -0.4 is 0 Å². The summed E-state index contributed by atoms with van der Waals surface area (Å²) in [6, 6.07) is 0. The van der Waals surface area contributed by atoms with E-state index in [0.717, 1.165) is 35.5 Å². The smallest absolute Gasteiger partial charge is 0.0704 e. The van der Waals surface area contributed by atoms with Gasteiger partial charge in [0.05, 0.1) is 106 Å². The molecule has 0 fully saturated rings. The Kier molecular flexibility index (Phi) is 51.7. The predicted octanol–water partition coefficient (Wildman–Crippen LogP) is 5.72. The first kappa shape index (κ1) is 49.4. The SMILES string of the molecule is C=C(C)COCCOC.C=C(C)COCCOCC.C=C(C)COCCOCCOC.C=C(C)COCCOCCOCC. The Morgan fingerprint density at radius 1 is 0.341 bits per heavy atom. The molecule has 0 saturated carbocycles. The highest BCUT2D eigenvalue weighted by Gasteiger charge is 1.91. The van der Waals surface area contributed by atoms with Crippen LogP contribution in [-0.4, -0.2) is 133 Å². The lowest BCUT2D eigenvalue weighted by molar-refractivity contribution is 0.0213. The maximum absolute atomic E-state index is 5.24. The average Bonchev–Trinajstić information content (AvgIpc) is 2.97. The highest BCUT2D eigenvalue weighted by molar-refractivity contribution is 4.88. The molecular formula is C34H68O10. The van der Waals surface area contributed by atoms with Gasteiger partial charge in [-0.25, -0.2) is 0 Å². The van der Waals surface area contributed by atoms with Gasteiger partial charge in [0, 0.05) is 27.4 Å². The number of hydrogen-bond acceptors (Lipinski definition) is 10. The Morgan fingerprint density at radius 2 is 0.545 bits per heavy atom. The highest BCUT2D eigenvalue weighted by atomic mass is 16.5. The van der Waals surface area contributed by atoms with E-state index >= 15 is 0 Å². The minimum atomic E-state index is 0.619. The third-order valence-corrected chi connectivity index (χ3v) is 4.15. The van der Waals surface area contributed by atoms with Gasteiger partial charge in [0.2, 0.25) is 0 Å². The Hall–Kier alpha value is -1.44. The molecule has 0 atom stereocenters. The number of methoxy groups -OCH3 is 2. The molecule has 44 heavy (non-hydrogen) atoms. The molecule has 0 aromatic rings. The molecule has 0 aliphatic heterocycles. The van der Waals surface area contributed by atoms with Crippen molar-refractivity contribution in [1.82, 2.24) is 0 Å². The van der Waals surface area contributed by atoms with Gasteiger partial charge in [-0.3, -0.25) is 0 Å². The molecular weight excluding hydrogens is 568 g/mol. The van der Waals surface area contributed by atoms with Crippen LogP contribution in [0.5, 0.6) is 0 Å². The van der Waals surface area contributed by atoms with E-state index in [-0.39, 0.29) is 0 Å². The Balaban J connectivity index is -0.000000245. The number of ether oxygens (including phenoxy) is 10. The molecule has 10 nitrogen and oxygen atoms in total. The van der Waals surface area contributed by atoms with Crippen LogP contribution in [0.2, 0.25) is 0 Å². The van der Waals surface area contributed by atoms with Crippen molar-refractivity contribution in [2.45, 2.75) is 41.5 Å². The van der Waals surface area contributed by atoms with E-state index in [1.807, 2.05) is 41.5 Å². The summed E-state index contributed by atoms with van der Waals surface area (Å²) < 4.78 is 50.9. The van der Waals surface area contributed by atoms with Gasteiger partial charge in [0.25, 0.3) is 0 Å². The quantitative estimate of drug-likeness (QED) is 0.0785. The summed E-state index contributed by atoms with van der Waals surface area (Å²) in [4.78, 5) is 0. The van der Waals surface area contributed by atoms with Crippen LogP contribution in [0.3, 0.4) is 0 Å². The maximum Gasteiger partial charge on any atom is 0.0704 e. The Bertz CT molecular complexity index is 611. The van der Waals surface area contributed by atoms with Gasteiger partial charge in [-0.1, -0.05) is 48.6 Å². The van der Waals surface area contributed by atoms with Crippen LogP contribution >= 0.6 is 0 Å². The van der Waals surface area contributed by atoms with E-state index in [0.29, 0.717) is 106 Å². The van der Waals surface area contributed by atoms with Crippen LogP contribution in [0, 0.1) is 0 Å². The van der Waals surface area contributed by atoms with Gasteiger partial charge in [-0.05, 0) is 41.5 Å². The minimum Gasteiger partial charge on any atom is -0.382 e. The monoisotopic (exact) mass is 636 g/mol. The molecule has 0 N–H and O–H groups in total. The zero-order valence-electron chi connectivity index (χ0n) is 29.6. The summed E-state index contributed by atoms with van der Waals surface area (Å²) in [6.45, 7) is 38.3. The van der Waals surface area contributed by atoms with Gasteiger partial charge in [0.15, 0.2) is 0 Å². The molecule has 0 bridgehead atoms. The van der Waals surface area contributed by atoms with Crippen molar-refractivity contribution in [2.24, 2.45) is 0 Å². The van der Waals surface area contributed by atoms with E-state index in [2.05, 4.69) is 26.3 Å². The summed E-state index contributed by atoms with van der Waals surface area (Å²) in [6.07, 6.45) is 0. The Labute approximate surface area is 270 Å². The lowest BCUT2D eigenvalue weighted by atomic mass is 10.4. The molecule has 0 unspecified atom stereocenters. The number of rotatable bonds is 28. The maximum atomic E-state index is 5.24. The summed E-state index contributed by atoms with van der Waals surface area (Å²) in [5.41, 5.74) is 4.17.